The maximum atomic E-state index is 12.2. The van der Waals surface area contributed by atoms with Crippen LogP contribution in [0, 0.1) is 0 Å². The number of ether oxygens (including phenoxy) is 1. The van der Waals surface area contributed by atoms with Gasteiger partial charge in [-0.05, 0) is 30.2 Å². The first-order chi connectivity index (χ1) is 9.22. The Kier molecular flexibility index (Phi) is 4.56. The molecule has 0 N–H and O–H groups in total. The Bertz CT molecular complexity index is 555. The first-order valence-corrected chi connectivity index (χ1v) is 6.91. The van der Waals surface area contributed by atoms with Crippen LogP contribution in [-0.2, 0) is 4.74 Å². The number of esters is 1. The summed E-state index contributed by atoms with van der Waals surface area (Å²) in [4.78, 5) is 12.2. The van der Waals surface area contributed by atoms with Gasteiger partial charge in [-0.3, -0.25) is 0 Å². The Balaban J connectivity index is 2.17. The van der Waals surface area contributed by atoms with Crippen molar-refractivity contribution < 1.29 is 9.53 Å². The summed E-state index contributed by atoms with van der Waals surface area (Å²) in [5.41, 5.74) is 0.654. The van der Waals surface area contributed by atoms with Crippen LogP contribution in [0.15, 0.2) is 42.5 Å². The second kappa shape index (κ2) is 6.37. The van der Waals surface area contributed by atoms with E-state index in [2.05, 4.69) is 6.92 Å². The fourth-order valence-corrected chi connectivity index (χ4v) is 2.20. The molecule has 2 aromatic rings. The minimum absolute atomic E-state index is 0.0218. The van der Waals surface area contributed by atoms with Crippen LogP contribution in [0.4, 0.5) is 0 Å². The van der Waals surface area contributed by atoms with E-state index >= 15 is 0 Å². The summed E-state index contributed by atoms with van der Waals surface area (Å²) in [6, 6.07) is 13.6. The largest absolute Gasteiger partial charge is 0.459 e. The van der Waals surface area contributed by atoms with E-state index in [4.69, 9.17) is 4.74 Å². The van der Waals surface area contributed by atoms with Gasteiger partial charge in [0.2, 0.25) is 0 Å². The zero-order valence-corrected chi connectivity index (χ0v) is 11.6. The van der Waals surface area contributed by atoms with Crippen LogP contribution in [0.25, 0.3) is 10.8 Å². The summed E-state index contributed by atoms with van der Waals surface area (Å²) >= 11 is 0. The molecule has 0 radical (unpaired) electrons. The van der Waals surface area contributed by atoms with Crippen LogP contribution in [-0.4, -0.2) is 12.1 Å². The second-order valence-electron chi connectivity index (χ2n) is 4.88. The van der Waals surface area contributed by atoms with E-state index in [0.29, 0.717) is 5.56 Å². The molecule has 0 heterocycles. The summed E-state index contributed by atoms with van der Waals surface area (Å²) in [6.07, 6.45) is 3.11. The highest BCUT2D eigenvalue weighted by Gasteiger charge is 2.14. The Morgan fingerprint density at radius 1 is 1.16 bits per heavy atom. The smallest absolute Gasteiger partial charge is 0.339 e. The van der Waals surface area contributed by atoms with E-state index < -0.39 is 0 Å². The monoisotopic (exact) mass is 256 g/mol. The lowest BCUT2D eigenvalue weighted by Crippen LogP contribution is -2.15. The minimum Gasteiger partial charge on any atom is -0.459 e. The van der Waals surface area contributed by atoms with E-state index in [-0.39, 0.29) is 12.1 Å². The van der Waals surface area contributed by atoms with Gasteiger partial charge in [-0.2, -0.15) is 0 Å². The summed E-state index contributed by atoms with van der Waals surface area (Å²) in [6.45, 7) is 4.10. The third kappa shape index (κ3) is 3.34. The van der Waals surface area contributed by atoms with Gasteiger partial charge in [0.05, 0.1) is 11.7 Å². The molecule has 1 atom stereocenters. The highest BCUT2D eigenvalue weighted by atomic mass is 16.5. The average Bonchev–Trinajstić information content (AvgIpc) is 2.44. The molecule has 2 heteroatoms. The van der Waals surface area contributed by atoms with Crippen molar-refractivity contribution in [3.05, 3.63) is 48.0 Å². The summed E-state index contributed by atoms with van der Waals surface area (Å²) in [5.74, 6) is -0.222. The summed E-state index contributed by atoms with van der Waals surface area (Å²) in [7, 11) is 0. The van der Waals surface area contributed by atoms with Gasteiger partial charge in [-0.25, -0.2) is 4.79 Å². The zero-order chi connectivity index (χ0) is 13.7. The maximum Gasteiger partial charge on any atom is 0.339 e. The molecule has 2 rings (SSSR count). The van der Waals surface area contributed by atoms with E-state index in [9.17, 15) is 4.79 Å². The van der Waals surface area contributed by atoms with Crippen molar-refractivity contribution in [2.24, 2.45) is 0 Å². The number of carbonyl (C=O) groups is 1. The number of unbranched alkanes of at least 4 members (excludes halogenated alkanes) is 1. The molecule has 2 aromatic carbocycles. The quantitative estimate of drug-likeness (QED) is 0.732. The topological polar surface area (TPSA) is 26.3 Å². The third-order valence-electron chi connectivity index (χ3n) is 3.28. The van der Waals surface area contributed by atoms with Crippen molar-refractivity contribution >= 4 is 16.7 Å². The van der Waals surface area contributed by atoms with Crippen LogP contribution in [0.2, 0.25) is 0 Å². The first kappa shape index (κ1) is 13.6. The van der Waals surface area contributed by atoms with Gasteiger partial charge in [-0.1, -0.05) is 56.2 Å². The number of fused-ring (bicyclic) bond motifs is 1. The van der Waals surface area contributed by atoms with E-state index in [1.807, 2.05) is 49.4 Å². The lowest BCUT2D eigenvalue weighted by atomic mass is 10.0. The Morgan fingerprint density at radius 2 is 1.89 bits per heavy atom. The molecule has 0 fully saturated rings. The van der Waals surface area contributed by atoms with Gasteiger partial charge in [0.1, 0.15) is 0 Å². The number of hydrogen-bond acceptors (Lipinski definition) is 2. The highest BCUT2D eigenvalue weighted by Crippen LogP contribution is 2.20. The molecule has 2 nitrogen and oxygen atoms in total. The van der Waals surface area contributed by atoms with E-state index in [1.165, 1.54) is 0 Å². The van der Waals surface area contributed by atoms with Gasteiger partial charge in [0, 0.05) is 0 Å². The molecule has 1 unspecified atom stereocenters. The average molecular weight is 256 g/mol. The molecular formula is C17H20O2. The molecule has 100 valence electrons. The SMILES string of the molecule is CCCCC(C)OC(=O)c1cccc2ccccc12. The first-order valence-electron chi connectivity index (χ1n) is 6.91. The number of carbonyl (C=O) groups excluding carboxylic acids is 1. The zero-order valence-electron chi connectivity index (χ0n) is 11.6. The molecule has 0 amide bonds. The van der Waals surface area contributed by atoms with Gasteiger partial charge >= 0.3 is 5.97 Å². The summed E-state index contributed by atoms with van der Waals surface area (Å²) < 4.78 is 5.51. The fraction of sp³-hybridized carbons (Fsp3) is 0.353. The van der Waals surface area contributed by atoms with Crippen molar-refractivity contribution in [2.45, 2.75) is 39.2 Å². The lowest BCUT2D eigenvalue weighted by Gasteiger charge is -2.13. The highest BCUT2D eigenvalue weighted by molar-refractivity contribution is 6.04. The van der Waals surface area contributed by atoms with Crippen molar-refractivity contribution in [2.75, 3.05) is 0 Å². The predicted molar refractivity (Wildman–Crippen MR) is 78.4 cm³/mol. The molecule has 0 saturated carbocycles. The maximum absolute atomic E-state index is 12.2. The van der Waals surface area contributed by atoms with Gasteiger partial charge in [-0.15, -0.1) is 0 Å². The van der Waals surface area contributed by atoms with Gasteiger partial charge < -0.3 is 4.74 Å². The minimum atomic E-state index is -0.222. The Hall–Kier alpha value is -1.83. The third-order valence-corrected chi connectivity index (χ3v) is 3.28. The van der Waals surface area contributed by atoms with Crippen LogP contribution >= 0.6 is 0 Å². The fourth-order valence-electron chi connectivity index (χ4n) is 2.20. The van der Waals surface area contributed by atoms with Crippen molar-refractivity contribution in [3.63, 3.8) is 0 Å². The molecular weight excluding hydrogens is 236 g/mol. The molecule has 0 bridgehead atoms. The van der Waals surface area contributed by atoms with Crippen molar-refractivity contribution in [1.82, 2.24) is 0 Å². The normalized spacial score (nSPS) is 12.3. The number of rotatable bonds is 5. The standard InChI is InChI=1S/C17H20O2/c1-3-4-8-13(2)19-17(18)16-12-7-10-14-9-5-6-11-15(14)16/h5-7,9-13H,3-4,8H2,1-2H3. The van der Waals surface area contributed by atoms with Crippen LogP contribution in [0.5, 0.6) is 0 Å². The van der Waals surface area contributed by atoms with Crippen LogP contribution in [0.3, 0.4) is 0 Å². The lowest BCUT2D eigenvalue weighted by molar-refractivity contribution is 0.0323. The molecule has 0 aliphatic carbocycles. The van der Waals surface area contributed by atoms with Crippen LogP contribution in [0.1, 0.15) is 43.5 Å². The van der Waals surface area contributed by atoms with Crippen molar-refractivity contribution in [1.29, 1.82) is 0 Å². The molecule has 19 heavy (non-hydrogen) atoms. The molecule has 0 aliphatic rings. The second-order valence-corrected chi connectivity index (χ2v) is 4.88. The molecule has 0 spiro atoms. The Morgan fingerprint density at radius 3 is 2.68 bits per heavy atom. The number of hydrogen-bond donors (Lipinski definition) is 0. The molecule has 0 aromatic heterocycles. The van der Waals surface area contributed by atoms with Crippen molar-refractivity contribution in [3.8, 4) is 0 Å². The van der Waals surface area contributed by atoms with E-state index in [1.54, 1.807) is 0 Å². The van der Waals surface area contributed by atoms with Gasteiger partial charge in [0.15, 0.2) is 0 Å². The molecule has 0 saturated heterocycles. The van der Waals surface area contributed by atoms with E-state index in [0.717, 1.165) is 30.0 Å². The van der Waals surface area contributed by atoms with Crippen LogP contribution < -0.4 is 0 Å². The summed E-state index contributed by atoms with van der Waals surface area (Å²) in [5, 5.41) is 2.02. The molecule has 0 aliphatic heterocycles. The number of benzene rings is 2. The van der Waals surface area contributed by atoms with Gasteiger partial charge in [0.25, 0.3) is 0 Å². The predicted octanol–water partition coefficient (Wildman–Crippen LogP) is 4.58. The Labute approximate surface area is 114 Å².